The van der Waals surface area contributed by atoms with Crippen LogP contribution in [0, 0.1) is 0 Å². The highest BCUT2D eigenvalue weighted by atomic mass is 32.1. The fourth-order valence-electron chi connectivity index (χ4n) is 2.56. The van der Waals surface area contributed by atoms with Crippen LogP contribution < -0.4 is 10.1 Å². The number of nitrogens with one attached hydrogen (secondary N) is 1. The lowest BCUT2D eigenvalue weighted by Crippen LogP contribution is -2.43. The number of carboxylic acid groups (broad SMARTS) is 1. The van der Waals surface area contributed by atoms with Crippen LogP contribution in [0.25, 0.3) is 0 Å². The lowest BCUT2D eigenvalue weighted by atomic mass is 10.0. The number of carbonyl (C=O) groups is 1. The van der Waals surface area contributed by atoms with Gasteiger partial charge in [0.15, 0.2) is 5.75 Å². The predicted octanol–water partition coefficient (Wildman–Crippen LogP) is 2.56. The molecule has 1 aromatic rings. The molecule has 2 aliphatic rings. The van der Waals surface area contributed by atoms with Gasteiger partial charge >= 0.3 is 5.97 Å². The van der Waals surface area contributed by atoms with Crippen molar-refractivity contribution in [2.75, 3.05) is 11.9 Å². The molecule has 0 saturated heterocycles. The number of fused-ring (bicyclic) bond motifs is 1. The second kappa shape index (κ2) is 3.38. The zero-order valence-corrected chi connectivity index (χ0v) is 9.60. The minimum absolute atomic E-state index is 0.0795. The summed E-state index contributed by atoms with van der Waals surface area (Å²) in [7, 11) is 0. The van der Waals surface area contributed by atoms with Crippen molar-refractivity contribution in [3.05, 3.63) is 10.3 Å². The Morgan fingerprint density at radius 2 is 2.25 bits per heavy atom. The minimum atomic E-state index is -0.885. The van der Waals surface area contributed by atoms with E-state index in [1.54, 1.807) is 5.38 Å². The van der Waals surface area contributed by atoms with Gasteiger partial charge in [-0.15, -0.1) is 11.3 Å². The molecule has 0 atom stereocenters. The Hall–Kier alpha value is -1.23. The maximum absolute atomic E-state index is 11.0. The van der Waals surface area contributed by atoms with Crippen molar-refractivity contribution in [1.82, 2.24) is 0 Å². The predicted molar refractivity (Wildman–Crippen MR) is 61.6 cm³/mol. The normalized spacial score (nSPS) is 21.2. The van der Waals surface area contributed by atoms with Crippen LogP contribution in [0.5, 0.6) is 5.75 Å². The van der Waals surface area contributed by atoms with Crippen molar-refractivity contribution in [1.29, 1.82) is 0 Å². The molecule has 3 rings (SSSR count). The van der Waals surface area contributed by atoms with Gasteiger partial charge in [-0.05, 0) is 25.7 Å². The van der Waals surface area contributed by atoms with Crippen LogP contribution in [0.2, 0.25) is 0 Å². The van der Waals surface area contributed by atoms with Gasteiger partial charge in [0, 0.05) is 5.38 Å². The molecule has 0 bridgehead atoms. The lowest BCUT2D eigenvalue weighted by Gasteiger charge is -2.35. The number of rotatable bonds is 1. The molecule has 0 unspecified atom stereocenters. The highest BCUT2D eigenvalue weighted by molar-refractivity contribution is 7.13. The molecule has 1 fully saturated rings. The van der Waals surface area contributed by atoms with E-state index < -0.39 is 5.97 Å². The van der Waals surface area contributed by atoms with Gasteiger partial charge in [-0.1, -0.05) is 0 Å². The SMILES string of the molecule is O=C(O)c1scc2c1NCC1(CCCC1)O2. The van der Waals surface area contributed by atoms with Crippen LogP contribution in [-0.2, 0) is 0 Å². The third-order valence-electron chi connectivity index (χ3n) is 3.38. The zero-order valence-electron chi connectivity index (χ0n) is 8.78. The van der Waals surface area contributed by atoms with Crippen molar-refractivity contribution in [2.45, 2.75) is 31.3 Å². The van der Waals surface area contributed by atoms with Gasteiger partial charge in [0.1, 0.15) is 16.2 Å². The Bertz CT molecular complexity index is 434. The van der Waals surface area contributed by atoms with E-state index in [2.05, 4.69) is 5.32 Å². The number of carboxylic acids is 1. The molecular formula is C11H13NO3S. The fraction of sp³-hybridized carbons (Fsp3) is 0.545. The van der Waals surface area contributed by atoms with E-state index in [0.29, 0.717) is 10.6 Å². The topological polar surface area (TPSA) is 58.6 Å². The summed E-state index contributed by atoms with van der Waals surface area (Å²) in [6, 6.07) is 0. The number of hydrogen-bond acceptors (Lipinski definition) is 4. The van der Waals surface area contributed by atoms with Crippen molar-refractivity contribution in [2.24, 2.45) is 0 Å². The van der Waals surface area contributed by atoms with Crippen LogP contribution in [0.4, 0.5) is 5.69 Å². The van der Waals surface area contributed by atoms with Crippen molar-refractivity contribution in [3.63, 3.8) is 0 Å². The summed E-state index contributed by atoms with van der Waals surface area (Å²) in [4.78, 5) is 11.3. The maximum atomic E-state index is 11.0. The monoisotopic (exact) mass is 239 g/mol. The standard InChI is InChI=1S/C11H13NO3S/c13-10(14)9-8-7(5-16-9)15-11(6-12-8)3-1-2-4-11/h5,12H,1-4,6H2,(H,13,14). The summed E-state index contributed by atoms with van der Waals surface area (Å²) in [5.74, 6) is -0.166. The molecule has 4 nitrogen and oxygen atoms in total. The first-order chi connectivity index (χ1) is 7.70. The highest BCUT2D eigenvalue weighted by Crippen LogP contribution is 2.45. The van der Waals surface area contributed by atoms with Gasteiger partial charge in [0.2, 0.25) is 0 Å². The Labute approximate surface area is 97.2 Å². The quantitative estimate of drug-likeness (QED) is 0.790. The van der Waals surface area contributed by atoms with Gasteiger partial charge in [-0.3, -0.25) is 0 Å². The van der Waals surface area contributed by atoms with Crippen LogP contribution in [0.15, 0.2) is 5.38 Å². The molecular weight excluding hydrogens is 226 g/mol. The molecule has 2 heterocycles. The van der Waals surface area contributed by atoms with E-state index in [0.717, 1.165) is 25.1 Å². The third kappa shape index (κ3) is 1.38. The van der Waals surface area contributed by atoms with Gasteiger partial charge in [-0.25, -0.2) is 4.79 Å². The zero-order chi connectivity index (χ0) is 11.2. The molecule has 2 N–H and O–H groups in total. The van der Waals surface area contributed by atoms with Crippen LogP contribution in [0.3, 0.4) is 0 Å². The van der Waals surface area contributed by atoms with Crippen molar-refractivity contribution >= 4 is 23.0 Å². The van der Waals surface area contributed by atoms with Gasteiger partial charge in [0.05, 0.1) is 6.54 Å². The third-order valence-corrected chi connectivity index (χ3v) is 4.33. The maximum Gasteiger partial charge on any atom is 0.348 e. The molecule has 0 radical (unpaired) electrons. The largest absolute Gasteiger partial charge is 0.482 e. The van der Waals surface area contributed by atoms with E-state index in [9.17, 15) is 4.79 Å². The molecule has 1 aliphatic carbocycles. The first-order valence-corrected chi connectivity index (χ1v) is 6.36. The van der Waals surface area contributed by atoms with Crippen LogP contribution >= 0.6 is 11.3 Å². The molecule has 1 saturated carbocycles. The lowest BCUT2D eigenvalue weighted by molar-refractivity contribution is 0.0693. The van der Waals surface area contributed by atoms with E-state index in [1.807, 2.05) is 0 Å². The molecule has 1 aliphatic heterocycles. The van der Waals surface area contributed by atoms with Crippen LogP contribution in [0.1, 0.15) is 35.4 Å². The second-order valence-corrected chi connectivity index (χ2v) is 5.33. The van der Waals surface area contributed by atoms with E-state index in [4.69, 9.17) is 9.84 Å². The molecule has 0 amide bonds. The Balaban J connectivity index is 1.93. The summed E-state index contributed by atoms with van der Waals surface area (Å²) >= 11 is 1.23. The average molecular weight is 239 g/mol. The van der Waals surface area contributed by atoms with Crippen LogP contribution in [-0.4, -0.2) is 23.2 Å². The Morgan fingerprint density at radius 3 is 2.94 bits per heavy atom. The highest BCUT2D eigenvalue weighted by Gasteiger charge is 2.40. The van der Waals surface area contributed by atoms with Gasteiger partial charge in [-0.2, -0.15) is 0 Å². The summed E-state index contributed by atoms with van der Waals surface area (Å²) in [5.41, 5.74) is 0.583. The van der Waals surface area contributed by atoms with E-state index in [-0.39, 0.29) is 5.60 Å². The minimum Gasteiger partial charge on any atom is -0.482 e. The molecule has 1 spiro atoms. The average Bonchev–Trinajstić information content (AvgIpc) is 2.85. The molecule has 16 heavy (non-hydrogen) atoms. The van der Waals surface area contributed by atoms with E-state index >= 15 is 0 Å². The summed E-state index contributed by atoms with van der Waals surface area (Å²) in [6.07, 6.45) is 4.54. The number of hydrogen-bond donors (Lipinski definition) is 2. The first-order valence-electron chi connectivity index (χ1n) is 5.48. The summed E-state index contributed by atoms with van der Waals surface area (Å²) < 4.78 is 6.00. The molecule has 0 aromatic carbocycles. The van der Waals surface area contributed by atoms with Gasteiger partial charge < -0.3 is 15.2 Å². The van der Waals surface area contributed by atoms with Crippen molar-refractivity contribution < 1.29 is 14.6 Å². The second-order valence-electron chi connectivity index (χ2n) is 4.45. The molecule has 86 valence electrons. The Morgan fingerprint density at radius 1 is 1.50 bits per heavy atom. The molecule has 1 aromatic heterocycles. The summed E-state index contributed by atoms with van der Waals surface area (Å²) in [5, 5.41) is 14.0. The number of ether oxygens (including phenoxy) is 1. The Kier molecular flexibility index (Phi) is 2.10. The fourth-order valence-corrected chi connectivity index (χ4v) is 3.34. The van der Waals surface area contributed by atoms with Gasteiger partial charge in [0.25, 0.3) is 0 Å². The molecule has 5 heteroatoms. The number of anilines is 1. The first kappa shape index (κ1) is 9.96. The number of thiophene rings is 1. The smallest absolute Gasteiger partial charge is 0.348 e. The van der Waals surface area contributed by atoms with Crippen molar-refractivity contribution in [3.8, 4) is 5.75 Å². The summed E-state index contributed by atoms with van der Waals surface area (Å²) in [6.45, 7) is 0.733. The van der Waals surface area contributed by atoms with E-state index in [1.165, 1.54) is 24.2 Å². The number of aromatic carboxylic acids is 1.